The first kappa shape index (κ1) is 13.5. The van der Waals surface area contributed by atoms with Crippen LogP contribution in [0, 0.1) is 0 Å². The van der Waals surface area contributed by atoms with E-state index in [0.29, 0.717) is 18.4 Å². The van der Waals surface area contributed by atoms with E-state index in [4.69, 9.17) is 11.6 Å². The van der Waals surface area contributed by atoms with Crippen LogP contribution in [0.25, 0.3) is 5.95 Å². The standard InChI is InChI=1S/C12H13ClN8/c1-20-7-9(6-16-20)2-3-15-11-17-10(13)18-12(19-11)21-5-4-14-8-21/h4-8H,2-3H2,1H3,(H,15,17,18,19). The van der Waals surface area contributed by atoms with Crippen molar-refractivity contribution in [1.29, 1.82) is 0 Å². The van der Waals surface area contributed by atoms with Crippen LogP contribution < -0.4 is 5.32 Å². The summed E-state index contributed by atoms with van der Waals surface area (Å²) in [5.41, 5.74) is 1.14. The Kier molecular flexibility index (Phi) is 3.78. The lowest BCUT2D eigenvalue weighted by molar-refractivity contribution is 0.766. The summed E-state index contributed by atoms with van der Waals surface area (Å²) in [5.74, 6) is 0.860. The molecule has 9 heteroatoms. The maximum absolute atomic E-state index is 5.92. The molecule has 0 saturated heterocycles. The molecule has 0 bridgehead atoms. The molecular formula is C12H13ClN8. The van der Waals surface area contributed by atoms with E-state index in [1.54, 1.807) is 28.0 Å². The predicted octanol–water partition coefficient (Wildman–Crippen LogP) is 1.10. The second-order valence-electron chi connectivity index (χ2n) is 4.40. The van der Waals surface area contributed by atoms with Crippen molar-refractivity contribution in [2.24, 2.45) is 7.05 Å². The summed E-state index contributed by atoms with van der Waals surface area (Å²) in [6.45, 7) is 0.676. The van der Waals surface area contributed by atoms with Crippen LogP contribution in [-0.2, 0) is 13.5 Å². The molecule has 0 aliphatic rings. The van der Waals surface area contributed by atoms with E-state index in [2.05, 4.69) is 30.4 Å². The first-order valence-corrected chi connectivity index (χ1v) is 6.70. The summed E-state index contributed by atoms with van der Waals surface area (Å²) in [6, 6.07) is 0. The average molecular weight is 305 g/mol. The van der Waals surface area contributed by atoms with Gasteiger partial charge < -0.3 is 5.32 Å². The Morgan fingerprint density at radius 3 is 2.90 bits per heavy atom. The summed E-state index contributed by atoms with van der Waals surface area (Å²) in [6.07, 6.45) is 9.61. The van der Waals surface area contributed by atoms with Crippen LogP contribution in [0.1, 0.15) is 5.56 Å². The largest absolute Gasteiger partial charge is 0.354 e. The minimum atomic E-state index is 0.137. The Morgan fingerprint density at radius 1 is 1.29 bits per heavy atom. The molecule has 21 heavy (non-hydrogen) atoms. The fourth-order valence-corrected chi connectivity index (χ4v) is 1.99. The number of imidazole rings is 1. The number of rotatable bonds is 5. The highest BCUT2D eigenvalue weighted by Crippen LogP contribution is 2.09. The summed E-state index contributed by atoms with van der Waals surface area (Å²) in [4.78, 5) is 16.4. The Balaban J connectivity index is 1.68. The molecule has 0 aliphatic heterocycles. The molecule has 0 atom stereocenters. The van der Waals surface area contributed by atoms with Crippen molar-refractivity contribution in [1.82, 2.24) is 34.3 Å². The zero-order valence-electron chi connectivity index (χ0n) is 11.3. The minimum Gasteiger partial charge on any atom is -0.354 e. The number of aromatic nitrogens is 7. The molecule has 8 nitrogen and oxygen atoms in total. The predicted molar refractivity (Wildman–Crippen MR) is 77.4 cm³/mol. The zero-order valence-corrected chi connectivity index (χ0v) is 12.1. The fourth-order valence-electron chi connectivity index (χ4n) is 1.83. The van der Waals surface area contributed by atoms with Crippen molar-refractivity contribution in [2.45, 2.75) is 6.42 Å². The summed E-state index contributed by atoms with van der Waals surface area (Å²) >= 11 is 5.92. The van der Waals surface area contributed by atoms with Gasteiger partial charge in [0.1, 0.15) is 6.33 Å². The van der Waals surface area contributed by atoms with Gasteiger partial charge in [0.05, 0.1) is 6.20 Å². The number of hydrogen-bond donors (Lipinski definition) is 1. The highest BCUT2D eigenvalue weighted by atomic mass is 35.5. The van der Waals surface area contributed by atoms with E-state index in [9.17, 15) is 0 Å². The van der Waals surface area contributed by atoms with E-state index in [1.807, 2.05) is 19.4 Å². The lowest BCUT2D eigenvalue weighted by atomic mass is 10.2. The van der Waals surface area contributed by atoms with Crippen LogP contribution >= 0.6 is 11.6 Å². The van der Waals surface area contributed by atoms with Gasteiger partial charge in [-0.15, -0.1) is 0 Å². The third-order valence-corrected chi connectivity index (χ3v) is 2.96. The third-order valence-electron chi connectivity index (χ3n) is 2.79. The van der Waals surface area contributed by atoms with Gasteiger partial charge in [-0.2, -0.15) is 20.1 Å². The van der Waals surface area contributed by atoms with Crippen LogP contribution in [0.2, 0.25) is 5.28 Å². The molecule has 0 saturated carbocycles. The molecule has 3 rings (SSSR count). The number of nitrogens with one attached hydrogen (secondary N) is 1. The van der Waals surface area contributed by atoms with Crippen molar-refractivity contribution in [3.05, 3.63) is 42.0 Å². The van der Waals surface area contributed by atoms with Crippen molar-refractivity contribution in [2.75, 3.05) is 11.9 Å². The molecule has 1 N–H and O–H groups in total. The molecule has 3 aromatic rings. The molecular weight excluding hydrogens is 292 g/mol. The maximum atomic E-state index is 5.92. The summed E-state index contributed by atoms with van der Waals surface area (Å²) in [5, 5.41) is 7.39. The lowest BCUT2D eigenvalue weighted by Crippen LogP contribution is -2.11. The molecule has 3 aromatic heterocycles. The summed E-state index contributed by atoms with van der Waals surface area (Å²) < 4.78 is 3.44. The fraction of sp³-hybridized carbons (Fsp3) is 0.250. The quantitative estimate of drug-likeness (QED) is 0.759. The second-order valence-corrected chi connectivity index (χ2v) is 4.74. The normalized spacial score (nSPS) is 10.8. The monoisotopic (exact) mass is 304 g/mol. The van der Waals surface area contributed by atoms with Gasteiger partial charge in [0, 0.05) is 32.2 Å². The van der Waals surface area contributed by atoms with Gasteiger partial charge in [0.25, 0.3) is 0 Å². The highest BCUT2D eigenvalue weighted by molar-refractivity contribution is 6.28. The van der Waals surface area contributed by atoms with Crippen LogP contribution in [0.15, 0.2) is 31.1 Å². The lowest BCUT2D eigenvalue weighted by Gasteiger charge is -2.06. The van der Waals surface area contributed by atoms with E-state index in [1.165, 1.54) is 0 Å². The summed E-state index contributed by atoms with van der Waals surface area (Å²) in [7, 11) is 1.89. The second kappa shape index (κ2) is 5.88. The highest BCUT2D eigenvalue weighted by Gasteiger charge is 2.06. The average Bonchev–Trinajstić information content (AvgIpc) is 3.10. The molecule has 0 fully saturated rings. The van der Waals surface area contributed by atoms with Gasteiger partial charge in [-0.05, 0) is 23.6 Å². The van der Waals surface area contributed by atoms with Gasteiger partial charge in [-0.25, -0.2) is 4.98 Å². The molecule has 3 heterocycles. The number of nitrogens with zero attached hydrogens (tertiary/aromatic N) is 7. The first-order valence-electron chi connectivity index (χ1n) is 6.32. The Morgan fingerprint density at radius 2 is 2.19 bits per heavy atom. The van der Waals surface area contributed by atoms with E-state index in [-0.39, 0.29) is 5.28 Å². The SMILES string of the molecule is Cn1cc(CCNc2nc(Cl)nc(-n3ccnc3)n2)cn1. The van der Waals surface area contributed by atoms with Crippen molar-refractivity contribution < 1.29 is 0 Å². The van der Waals surface area contributed by atoms with Crippen LogP contribution in [-0.4, -0.2) is 40.8 Å². The molecule has 108 valence electrons. The van der Waals surface area contributed by atoms with Crippen LogP contribution in [0.3, 0.4) is 0 Å². The smallest absolute Gasteiger partial charge is 0.241 e. The molecule has 0 aliphatic carbocycles. The Hall–Kier alpha value is -2.48. The number of halogens is 1. The van der Waals surface area contributed by atoms with Gasteiger partial charge >= 0.3 is 0 Å². The molecule has 0 aromatic carbocycles. The van der Waals surface area contributed by atoms with Gasteiger partial charge in [-0.3, -0.25) is 9.25 Å². The minimum absolute atomic E-state index is 0.137. The number of anilines is 1. The van der Waals surface area contributed by atoms with Crippen LogP contribution in [0.5, 0.6) is 0 Å². The van der Waals surface area contributed by atoms with Gasteiger partial charge in [0.2, 0.25) is 17.2 Å². The number of aryl methyl sites for hydroxylation is 1. The van der Waals surface area contributed by atoms with E-state index in [0.717, 1.165) is 12.0 Å². The Labute approximate surface area is 125 Å². The van der Waals surface area contributed by atoms with Gasteiger partial charge in [-0.1, -0.05) is 0 Å². The zero-order chi connectivity index (χ0) is 14.7. The van der Waals surface area contributed by atoms with Crippen LogP contribution in [0.4, 0.5) is 5.95 Å². The first-order chi connectivity index (χ1) is 10.2. The molecule has 0 unspecified atom stereocenters. The van der Waals surface area contributed by atoms with Crippen molar-refractivity contribution in [3.63, 3.8) is 0 Å². The molecule has 0 amide bonds. The number of hydrogen-bond acceptors (Lipinski definition) is 6. The topological polar surface area (TPSA) is 86.3 Å². The van der Waals surface area contributed by atoms with Crippen molar-refractivity contribution in [3.8, 4) is 5.95 Å². The van der Waals surface area contributed by atoms with E-state index < -0.39 is 0 Å². The molecule has 0 radical (unpaired) electrons. The molecule has 0 spiro atoms. The van der Waals surface area contributed by atoms with Gasteiger partial charge in [0.15, 0.2) is 0 Å². The van der Waals surface area contributed by atoms with E-state index >= 15 is 0 Å². The Bertz CT molecular complexity index is 721. The van der Waals surface area contributed by atoms with Crippen molar-refractivity contribution >= 4 is 17.5 Å². The maximum Gasteiger partial charge on any atom is 0.241 e. The third kappa shape index (κ3) is 3.34.